The van der Waals surface area contributed by atoms with Gasteiger partial charge in [-0.05, 0) is 23.8 Å². The van der Waals surface area contributed by atoms with Crippen LogP contribution in [0.15, 0.2) is 53.5 Å². The molecule has 0 saturated heterocycles. The molecule has 0 spiro atoms. The predicted octanol–water partition coefficient (Wildman–Crippen LogP) is 1.83. The van der Waals surface area contributed by atoms with Crippen molar-refractivity contribution in [1.82, 2.24) is 9.88 Å². The van der Waals surface area contributed by atoms with E-state index in [1.54, 1.807) is 30.5 Å². The topological polar surface area (TPSA) is 60.3 Å². The molecule has 22 heavy (non-hydrogen) atoms. The maximum absolute atomic E-state index is 11.7. The van der Waals surface area contributed by atoms with Crippen LogP contribution in [0.4, 0.5) is 0 Å². The molecule has 0 unspecified atom stereocenters. The second kappa shape index (κ2) is 8.36. The van der Waals surface area contributed by atoms with Crippen molar-refractivity contribution in [1.29, 1.82) is 0 Å². The first kappa shape index (κ1) is 16.3. The minimum atomic E-state index is -0.219. The molecular formula is C16H17ClN2O3. The number of rotatable bonds is 7. The van der Waals surface area contributed by atoms with Crippen molar-refractivity contribution in [3.8, 4) is 0 Å². The molecule has 1 amide bonds. The number of halogens is 1. The van der Waals surface area contributed by atoms with E-state index in [0.29, 0.717) is 24.8 Å². The first-order chi connectivity index (χ1) is 10.6. The fourth-order valence-corrected chi connectivity index (χ4v) is 1.96. The van der Waals surface area contributed by atoms with Gasteiger partial charge < -0.3 is 14.6 Å². The Hall–Kier alpha value is -2.11. The molecule has 0 aliphatic rings. The Morgan fingerprint density at radius 1 is 1.18 bits per heavy atom. The molecule has 1 aromatic carbocycles. The predicted molar refractivity (Wildman–Crippen MR) is 84.8 cm³/mol. The number of carbonyl (C=O) groups is 1. The summed E-state index contributed by atoms with van der Waals surface area (Å²) in [5.41, 5.74) is 0.822. The Bertz CT molecular complexity index is 668. The number of hydrogen-bond acceptors (Lipinski definition) is 3. The molecular weight excluding hydrogens is 304 g/mol. The van der Waals surface area contributed by atoms with Crippen LogP contribution < -0.4 is 10.9 Å². The van der Waals surface area contributed by atoms with E-state index in [2.05, 4.69) is 5.32 Å². The summed E-state index contributed by atoms with van der Waals surface area (Å²) < 4.78 is 6.81. The second-order valence-electron chi connectivity index (χ2n) is 4.70. The molecule has 2 rings (SSSR count). The third-order valence-corrected chi connectivity index (χ3v) is 3.22. The summed E-state index contributed by atoms with van der Waals surface area (Å²) in [7, 11) is 0. The van der Waals surface area contributed by atoms with Crippen LogP contribution in [0.3, 0.4) is 0 Å². The minimum absolute atomic E-state index is 0.0108. The highest BCUT2D eigenvalue weighted by molar-refractivity contribution is 6.30. The van der Waals surface area contributed by atoms with Gasteiger partial charge in [0, 0.05) is 23.8 Å². The summed E-state index contributed by atoms with van der Waals surface area (Å²) >= 11 is 5.80. The number of nitrogens with one attached hydrogen (secondary N) is 1. The number of carbonyl (C=O) groups excluding carboxylic acids is 1. The van der Waals surface area contributed by atoms with E-state index in [1.165, 1.54) is 10.6 Å². The van der Waals surface area contributed by atoms with Crippen LogP contribution >= 0.6 is 11.6 Å². The fraction of sp³-hybridized carbons (Fsp3) is 0.250. The highest BCUT2D eigenvalue weighted by Crippen LogP contribution is 2.09. The number of nitrogens with zero attached hydrogens (tertiary/aromatic N) is 1. The van der Waals surface area contributed by atoms with Crippen LogP contribution in [0.2, 0.25) is 5.02 Å². The van der Waals surface area contributed by atoms with Gasteiger partial charge in [-0.1, -0.05) is 29.8 Å². The number of ether oxygens (including phenoxy) is 1. The van der Waals surface area contributed by atoms with Crippen molar-refractivity contribution in [2.75, 3.05) is 13.2 Å². The Kier molecular flexibility index (Phi) is 6.18. The van der Waals surface area contributed by atoms with Gasteiger partial charge in [0.25, 0.3) is 5.56 Å². The van der Waals surface area contributed by atoms with Crippen molar-refractivity contribution < 1.29 is 9.53 Å². The van der Waals surface area contributed by atoms with E-state index in [0.717, 1.165) is 5.56 Å². The SMILES string of the molecule is O=C(Cn1ccccc1=O)NCCOCc1ccc(Cl)cc1. The van der Waals surface area contributed by atoms with Gasteiger partial charge in [0.05, 0.1) is 13.2 Å². The largest absolute Gasteiger partial charge is 0.375 e. The molecule has 5 nitrogen and oxygen atoms in total. The number of aromatic nitrogens is 1. The first-order valence-corrected chi connectivity index (χ1v) is 7.27. The summed E-state index contributed by atoms with van der Waals surface area (Å²) in [6.45, 7) is 1.27. The average molecular weight is 321 g/mol. The highest BCUT2D eigenvalue weighted by Gasteiger charge is 2.03. The van der Waals surface area contributed by atoms with Gasteiger partial charge in [-0.15, -0.1) is 0 Å². The van der Waals surface area contributed by atoms with Gasteiger partial charge in [0.1, 0.15) is 6.54 Å². The normalized spacial score (nSPS) is 10.4. The van der Waals surface area contributed by atoms with E-state index in [9.17, 15) is 9.59 Å². The zero-order chi connectivity index (χ0) is 15.8. The van der Waals surface area contributed by atoms with Crippen LogP contribution in [-0.2, 0) is 22.7 Å². The molecule has 0 saturated carbocycles. The quantitative estimate of drug-likeness (QED) is 0.792. The molecule has 0 radical (unpaired) electrons. The number of amides is 1. The maximum Gasteiger partial charge on any atom is 0.250 e. The van der Waals surface area contributed by atoms with Gasteiger partial charge in [0.15, 0.2) is 0 Å². The molecule has 2 aromatic rings. The molecule has 0 bridgehead atoms. The molecule has 1 heterocycles. The third kappa shape index (κ3) is 5.35. The smallest absolute Gasteiger partial charge is 0.250 e. The van der Waals surface area contributed by atoms with Crippen LogP contribution in [0.1, 0.15) is 5.56 Å². The fourth-order valence-electron chi connectivity index (χ4n) is 1.84. The third-order valence-electron chi connectivity index (χ3n) is 2.96. The Balaban J connectivity index is 1.64. The second-order valence-corrected chi connectivity index (χ2v) is 5.13. The molecule has 0 fully saturated rings. The molecule has 1 N–H and O–H groups in total. The average Bonchev–Trinajstić information content (AvgIpc) is 2.51. The lowest BCUT2D eigenvalue weighted by atomic mass is 10.2. The summed E-state index contributed by atoms with van der Waals surface area (Å²) in [4.78, 5) is 23.2. The lowest BCUT2D eigenvalue weighted by molar-refractivity contribution is -0.122. The zero-order valence-electron chi connectivity index (χ0n) is 12.0. The molecule has 0 aliphatic heterocycles. The van der Waals surface area contributed by atoms with Crippen LogP contribution in [0.25, 0.3) is 0 Å². The molecule has 6 heteroatoms. The lowest BCUT2D eigenvalue weighted by Gasteiger charge is -2.08. The van der Waals surface area contributed by atoms with Gasteiger partial charge in [0.2, 0.25) is 5.91 Å². The monoisotopic (exact) mass is 320 g/mol. The van der Waals surface area contributed by atoms with Crippen molar-refractivity contribution in [3.05, 3.63) is 69.6 Å². The van der Waals surface area contributed by atoms with E-state index in [4.69, 9.17) is 16.3 Å². The maximum atomic E-state index is 11.7. The molecule has 1 aromatic heterocycles. The Morgan fingerprint density at radius 3 is 2.68 bits per heavy atom. The summed E-state index contributed by atoms with van der Waals surface area (Å²) in [6, 6.07) is 12.2. The lowest BCUT2D eigenvalue weighted by Crippen LogP contribution is -2.33. The van der Waals surface area contributed by atoms with Crippen molar-refractivity contribution in [2.45, 2.75) is 13.2 Å². The van der Waals surface area contributed by atoms with Gasteiger partial charge in [-0.25, -0.2) is 0 Å². The highest BCUT2D eigenvalue weighted by atomic mass is 35.5. The van der Waals surface area contributed by atoms with Gasteiger partial charge in [-0.2, -0.15) is 0 Å². The molecule has 0 atom stereocenters. The Morgan fingerprint density at radius 2 is 1.95 bits per heavy atom. The first-order valence-electron chi connectivity index (χ1n) is 6.89. The minimum Gasteiger partial charge on any atom is -0.375 e. The van der Waals surface area contributed by atoms with Gasteiger partial charge in [-0.3, -0.25) is 9.59 Å². The summed E-state index contributed by atoms with van der Waals surface area (Å²) in [5, 5.41) is 3.40. The zero-order valence-corrected chi connectivity index (χ0v) is 12.8. The Labute approximate surface area is 133 Å². The number of pyridine rings is 1. The molecule has 116 valence electrons. The van der Waals surface area contributed by atoms with E-state index in [1.807, 2.05) is 12.1 Å². The van der Waals surface area contributed by atoms with Crippen molar-refractivity contribution >= 4 is 17.5 Å². The standard InChI is InChI=1S/C16H17ClN2O3/c17-14-6-4-13(5-7-14)12-22-10-8-18-15(20)11-19-9-2-1-3-16(19)21/h1-7,9H,8,10-12H2,(H,18,20). The van der Waals surface area contributed by atoms with E-state index in [-0.39, 0.29) is 18.0 Å². The van der Waals surface area contributed by atoms with Crippen molar-refractivity contribution in [2.24, 2.45) is 0 Å². The van der Waals surface area contributed by atoms with Crippen LogP contribution in [0.5, 0.6) is 0 Å². The van der Waals surface area contributed by atoms with Crippen LogP contribution in [-0.4, -0.2) is 23.6 Å². The summed E-state index contributed by atoms with van der Waals surface area (Å²) in [6.07, 6.45) is 1.58. The van der Waals surface area contributed by atoms with E-state index < -0.39 is 0 Å². The molecule has 0 aliphatic carbocycles. The summed E-state index contributed by atoms with van der Waals surface area (Å²) in [5.74, 6) is -0.219. The van der Waals surface area contributed by atoms with Crippen LogP contribution in [0, 0.1) is 0 Å². The van der Waals surface area contributed by atoms with Crippen molar-refractivity contribution in [3.63, 3.8) is 0 Å². The number of hydrogen-bond donors (Lipinski definition) is 1. The van der Waals surface area contributed by atoms with Gasteiger partial charge >= 0.3 is 0 Å². The van der Waals surface area contributed by atoms with E-state index >= 15 is 0 Å². The number of benzene rings is 1.